The maximum absolute atomic E-state index is 11.5. The van der Waals surface area contributed by atoms with Gasteiger partial charge in [0.2, 0.25) is 0 Å². The van der Waals surface area contributed by atoms with Crippen LogP contribution in [0.5, 0.6) is 0 Å². The third-order valence-electron chi connectivity index (χ3n) is 2.74. The van der Waals surface area contributed by atoms with Gasteiger partial charge < -0.3 is 5.11 Å². The number of hydrogen-bond donors (Lipinski definition) is 1. The molecule has 2 rings (SSSR count). The lowest BCUT2D eigenvalue weighted by molar-refractivity contribution is -0.139. The van der Waals surface area contributed by atoms with E-state index in [2.05, 4.69) is 10.2 Å². The SMILES string of the molecule is CC(C)c1nncn1C(C(=O)O)c1ccccc1. The molecule has 0 saturated heterocycles. The van der Waals surface area contributed by atoms with Crippen molar-refractivity contribution in [2.24, 2.45) is 0 Å². The molecule has 1 atom stereocenters. The van der Waals surface area contributed by atoms with Crippen molar-refractivity contribution in [3.63, 3.8) is 0 Å². The first kappa shape index (κ1) is 12.3. The van der Waals surface area contributed by atoms with Crippen molar-refractivity contribution in [1.82, 2.24) is 14.8 Å². The molecule has 1 N–H and O–H groups in total. The third kappa shape index (κ3) is 2.25. The molecule has 94 valence electrons. The first-order valence-corrected chi connectivity index (χ1v) is 5.78. The van der Waals surface area contributed by atoms with Gasteiger partial charge in [-0.3, -0.25) is 4.57 Å². The van der Waals surface area contributed by atoms with Gasteiger partial charge in [-0.25, -0.2) is 4.79 Å². The predicted molar refractivity (Wildman–Crippen MR) is 66.3 cm³/mol. The number of benzene rings is 1. The number of carbonyl (C=O) groups is 1. The second-order valence-corrected chi connectivity index (χ2v) is 4.40. The zero-order chi connectivity index (χ0) is 13.1. The van der Waals surface area contributed by atoms with Crippen LogP contribution in [0.25, 0.3) is 0 Å². The Balaban J connectivity index is 2.49. The quantitative estimate of drug-likeness (QED) is 0.895. The summed E-state index contributed by atoms with van der Waals surface area (Å²) in [5.74, 6) is -0.118. The molecule has 0 radical (unpaired) electrons. The first-order valence-electron chi connectivity index (χ1n) is 5.78. The van der Waals surface area contributed by atoms with Crippen LogP contribution in [0.3, 0.4) is 0 Å². The molecule has 1 unspecified atom stereocenters. The maximum atomic E-state index is 11.5. The molecule has 1 heterocycles. The van der Waals surface area contributed by atoms with E-state index in [1.54, 1.807) is 16.7 Å². The fourth-order valence-corrected chi connectivity index (χ4v) is 1.92. The van der Waals surface area contributed by atoms with Crippen LogP contribution in [-0.4, -0.2) is 25.8 Å². The van der Waals surface area contributed by atoms with Crippen molar-refractivity contribution in [1.29, 1.82) is 0 Å². The van der Waals surface area contributed by atoms with Gasteiger partial charge in [-0.1, -0.05) is 44.2 Å². The number of hydrogen-bond acceptors (Lipinski definition) is 3. The number of aromatic nitrogens is 3. The average molecular weight is 245 g/mol. The Morgan fingerprint density at radius 1 is 1.28 bits per heavy atom. The maximum Gasteiger partial charge on any atom is 0.331 e. The molecule has 0 aliphatic rings. The van der Waals surface area contributed by atoms with E-state index < -0.39 is 12.0 Å². The summed E-state index contributed by atoms with van der Waals surface area (Å²) in [6.45, 7) is 3.93. The normalized spacial score (nSPS) is 12.6. The van der Waals surface area contributed by atoms with E-state index in [1.165, 1.54) is 6.33 Å². The van der Waals surface area contributed by atoms with Gasteiger partial charge in [-0.2, -0.15) is 0 Å². The fourth-order valence-electron chi connectivity index (χ4n) is 1.92. The Morgan fingerprint density at radius 3 is 2.50 bits per heavy atom. The molecule has 0 aliphatic heterocycles. The lowest BCUT2D eigenvalue weighted by Gasteiger charge is -2.17. The second-order valence-electron chi connectivity index (χ2n) is 4.40. The van der Waals surface area contributed by atoms with Crippen molar-refractivity contribution >= 4 is 5.97 Å². The topological polar surface area (TPSA) is 68.0 Å². The van der Waals surface area contributed by atoms with E-state index in [-0.39, 0.29) is 5.92 Å². The number of carboxylic acids is 1. The Kier molecular flexibility index (Phi) is 3.41. The van der Waals surface area contributed by atoms with Gasteiger partial charge in [0.15, 0.2) is 6.04 Å². The molecule has 0 fully saturated rings. The summed E-state index contributed by atoms with van der Waals surface area (Å²) in [5, 5.41) is 17.2. The van der Waals surface area contributed by atoms with Crippen LogP contribution in [0, 0.1) is 0 Å². The van der Waals surface area contributed by atoms with Crippen LogP contribution >= 0.6 is 0 Å². The largest absolute Gasteiger partial charge is 0.479 e. The lowest BCUT2D eigenvalue weighted by Crippen LogP contribution is -2.22. The minimum Gasteiger partial charge on any atom is -0.479 e. The van der Waals surface area contributed by atoms with Crippen molar-refractivity contribution in [2.75, 3.05) is 0 Å². The summed E-state index contributed by atoms with van der Waals surface area (Å²) in [7, 11) is 0. The molecular weight excluding hydrogens is 230 g/mol. The summed E-state index contributed by atoms with van der Waals surface area (Å²) < 4.78 is 1.61. The van der Waals surface area contributed by atoms with Crippen molar-refractivity contribution in [3.8, 4) is 0 Å². The predicted octanol–water partition coefficient (Wildman–Crippen LogP) is 2.08. The minimum absolute atomic E-state index is 0.123. The number of nitrogens with zero attached hydrogens (tertiary/aromatic N) is 3. The highest BCUT2D eigenvalue weighted by molar-refractivity contribution is 5.76. The Bertz CT molecular complexity index is 534. The molecule has 0 amide bonds. The van der Waals surface area contributed by atoms with Gasteiger partial charge in [0.05, 0.1) is 0 Å². The van der Waals surface area contributed by atoms with E-state index in [0.717, 1.165) is 0 Å². The van der Waals surface area contributed by atoms with E-state index in [9.17, 15) is 9.90 Å². The van der Waals surface area contributed by atoms with Gasteiger partial charge >= 0.3 is 5.97 Å². The van der Waals surface area contributed by atoms with E-state index in [1.807, 2.05) is 32.0 Å². The Labute approximate surface area is 105 Å². The van der Waals surface area contributed by atoms with Gasteiger partial charge in [-0.05, 0) is 5.56 Å². The van der Waals surface area contributed by atoms with Gasteiger partial charge in [0, 0.05) is 5.92 Å². The van der Waals surface area contributed by atoms with Crippen molar-refractivity contribution in [3.05, 3.63) is 48.0 Å². The Hall–Kier alpha value is -2.17. The van der Waals surface area contributed by atoms with E-state index >= 15 is 0 Å². The highest BCUT2D eigenvalue weighted by Gasteiger charge is 2.25. The molecule has 1 aromatic carbocycles. The van der Waals surface area contributed by atoms with Crippen LogP contribution in [0.2, 0.25) is 0 Å². The van der Waals surface area contributed by atoms with E-state index in [4.69, 9.17) is 0 Å². The highest BCUT2D eigenvalue weighted by atomic mass is 16.4. The number of carboxylic acid groups (broad SMARTS) is 1. The summed E-state index contributed by atoms with van der Waals surface area (Å²) in [6.07, 6.45) is 1.47. The summed E-state index contributed by atoms with van der Waals surface area (Å²) in [4.78, 5) is 11.5. The molecule has 0 saturated carbocycles. The monoisotopic (exact) mass is 245 g/mol. The van der Waals surface area contributed by atoms with Crippen LogP contribution in [0.15, 0.2) is 36.7 Å². The number of aliphatic carboxylic acids is 1. The summed E-state index contributed by atoms with van der Waals surface area (Å²) in [6, 6.07) is 8.32. The van der Waals surface area contributed by atoms with Gasteiger partial charge in [-0.15, -0.1) is 10.2 Å². The zero-order valence-electron chi connectivity index (χ0n) is 10.3. The van der Waals surface area contributed by atoms with Crippen LogP contribution in [0.1, 0.15) is 37.2 Å². The molecule has 5 heteroatoms. The molecule has 5 nitrogen and oxygen atoms in total. The Morgan fingerprint density at radius 2 is 1.94 bits per heavy atom. The average Bonchev–Trinajstić information content (AvgIpc) is 2.79. The number of rotatable bonds is 4. The fraction of sp³-hybridized carbons (Fsp3) is 0.308. The highest BCUT2D eigenvalue weighted by Crippen LogP contribution is 2.22. The third-order valence-corrected chi connectivity index (χ3v) is 2.74. The molecule has 18 heavy (non-hydrogen) atoms. The van der Waals surface area contributed by atoms with Gasteiger partial charge in [0.1, 0.15) is 12.2 Å². The summed E-state index contributed by atoms with van der Waals surface area (Å²) >= 11 is 0. The van der Waals surface area contributed by atoms with E-state index in [0.29, 0.717) is 11.4 Å². The van der Waals surface area contributed by atoms with Crippen LogP contribution < -0.4 is 0 Å². The zero-order valence-corrected chi connectivity index (χ0v) is 10.3. The molecule has 2 aromatic rings. The summed E-state index contributed by atoms with van der Waals surface area (Å²) in [5.41, 5.74) is 0.715. The van der Waals surface area contributed by atoms with Gasteiger partial charge in [0.25, 0.3) is 0 Å². The molecule has 0 bridgehead atoms. The molecule has 1 aromatic heterocycles. The molecule has 0 spiro atoms. The van der Waals surface area contributed by atoms with Crippen molar-refractivity contribution < 1.29 is 9.90 Å². The molecular formula is C13H15N3O2. The standard InChI is InChI=1S/C13H15N3O2/c1-9(2)12-15-14-8-16(12)11(13(17)18)10-6-4-3-5-7-10/h3-9,11H,1-2H3,(H,17,18). The van der Waals surface area contributed by atoms with Crippen LogP contribution in [-0.2, 0) is 4.79 Å². The minimum atomic E-state index is -0.914. The lowest BCUT2D eigenvalue weighted by atomic mass is 10.1. The van der Waals surface area contributed by atoms with Crippen LogP contribution in [0.4, 0.5) is 0 Å². The second kappa shape index (κ2) is 5.00. The molecule has 0 aliphatic carbocycles. The van der Waals surface area contributed by atoms with Crippen molar-refractivity contribution in [2.45, 2.75) is 25.8 Å². The smallest absolute Gasteiger partial charge is 0.331 e. The first-order chi connectivity index (χ1) is 8.61.